The highest BCUT2D eigenvalue weighted by molar-refractivity contribution is 6.07. The van der Waals surface area contributed by atoms with Crippen molar-refractivity contribution >= 4 is 29.3 Å². The van der Waals surface area contributed by atoms with Crippen LogP contribution in [0, 0.1) is 11.6 Å². The first-order valence-electron chi connectivity index (χ1n) is 22.3. The number of nitrogens with two attached hydrogens (primary N) is 2. The second kappa shape index (κ2) is 22.2. The van der Waals surface area contributed by atoms with Crippen molar-refractivity contribution in [3.63, 3.8) is 0 Å². The van der Waals surface area contributed by atoms with E-state index in [4.69, 9.17) is 29.2 Å². The van der Waals surface area contributed by atoms with Crippen molar-refractivity contribution in [1.82, 2.24) is 9.71 Å². The number of alkyl halides is 12. The van der Waals surface area contributed by atoms with E-state index in [1.165, 1.54) is 0 Å². The van der Waals surface area contributed by atoms with Gasteiger partial charge in [0.25, 0.3) is 23.6 Å². The molecule has 6 N–H and O–H groups in total. The quantitative estimate of drug-likeness (QED) is 0.0625. The maximum absolute atomic E-state index is 15.1. The Hall–Kier alpha value is -9.32. The highest BCUT2D eigenvalue weighted by atomic mass is 19.4. The fourth-order valence-electron chi connectivity index (χ4n) is 5.82. The van der Waals surface area contributed by atoms with Gasteiger partial charge in [0.15, 0.2) is 34.6 Å². The van der Waals surface area contributed by atoms with Crippen molar-refractivity contribution < 1.29 is 122 Å². The van der Waals surface area contributed by atoms with E-state index in [1.807, 2.05) is 5.32 Å². The first-order valence-corrected chi connectivity index (χ1v) is 19.3. The predicted molar refractivity (Wildman–Crippen MR) is 223 cm³/mol. The number of amides is 4. The van der Waals surface area contributed by atoms with Crippen molar-refractivity contribution in [2.45, 2.75) is 25.1 Å². The number of primary amides is 2. The van der Waals surface area contributed by atoms with Crippen LogP contribution in [0.4, 0.5) is 67.2 Å². The molecule has 0 aliphatic carbocycles. The lowest BCUT2D eigenvalue weighted by molar-refractivity contribution is -0.275. The van der Waals surface area contributed by atoms with Crippen molar-refractivity contribution in [2.24, 2.45) is 16.5 Å². The molecular formula is C44H28F14N6O11. The second-order valence-electron chi connectivity index (χ2n) is 14.0. The van der Waals surface area contributed by atoms with E-state index in [1.54, 1.807) is 0 Å². The van der Waals surface area contributed by atoms with E-state index in [9.17, 15) is 77.1 Å². The summed E-state index contributed by atoms with van der Waals surface area (Å²) in [6.07, 6.45) is -19.2. The van der Waals surface area contributed by atoms with Crippen LogP contribution in [0.1, 0.15) is 61.0 Å². The van der Waals surface area contributed by atoms with Gasteiger partial charge in [0.1, 0.15) is 45.5 Å². The van der Waals surface area contributed by atoms with Gasteiger partial charge >= 0.3 is 25.1 Å². The van der Waals surface area contributed by atoms with Crippen LogP contribution in [0.25, 0.3) is 0 Å². The molecular weight excluding hydrogens is 1050 g/mol. The Labute approximate surface area is 416 Å². The Morgan fingerprint density at radius 3 is 1.56 bits per heavy atom. The maximum atomic E-state index is 15.1. The molecule has 0 aliphatic rings. The van der Waals surface area contributed by atoms with E-state index < -0.39 is 154 Å². The van der Waals surface area contributed by atoms with Gasteiger partial charge in [-0.1, -0.05) is 0 Å². The van der Waals surface area contributed by atoms with E-state index in [0.717, 1.165) is 36.7 Å². The van der Waals surface area contributed by atoms with E-state index in [-0.39, 0.29) is 28.2 Å². The van der Waals surface area contributed by atoms with Gasteiger partial charge < -0.3 is 50.4 Å². The summed E-state index contributed by atoms with van der Waals surface area (Å²) in [5.41, 5.74) is 2.32. The van der Waals surface area contributed by atoms with Gasteiger partial charge in [0.05, 0.1) is 38.8 Å². The molecule has 2 heterocycles. The Kier molecular flexibility index (Phi) is 14.2. The number of methoxy groups -OCH3 is 2. The summed E-state index contributed by atoms with van der Waals surface area (Å²) in [5.74, 6) is -17.0. The Morgan fingerprint density at radius 2 is 1.11 bits per heavy atom. The average Bonchev–Trinajstić information content (AvgIpc) is 3.37. The third kappa shape index (κ3) is 14.7. The average molecular weight is 1090 g/mol. The topological polar surface area (TPSA) is 238 Å². The summed E-state index contributed by atoms with van der Waals surface area (Å²) in [7, 11) is -6.55. The molecule has 0 unspecified atom stereocenters. The third-order valence-corrected chi connectivity index (χ3v) is 8.89. The highest BCUT2D eigenvalue weighted by Crippen LogP contribution is 2.43. The lowest BCUT2D eigenvalue weighted by Gasteiger charge is -2.18. The van der Waals surface area contributed by atoms with Crippen molar-refractivity contribution in [3.8, 4) is 46.0 Å². The zero-order valence-electron chi connectivity index (χ0n) is 42.1. The summed E-state index contributed by atoms with van der Waals surface area (Å²) < 4.78 is 257. The van der Waals surface area contributed by atoms with Crippen molar-refractivity contribution in [2.75, 3.05) is 19.4 Å². The molecule has 17 nitrogen and oxygen atoms in total. The molecule has 75 heavy (non-hydrogen) atoms. The highest BCUT2D eigenvalue weighted by Gasteiger charge is 2.39. The molecule has 0 bridgehead atoms. The van der Waals surface area contributed by atoms with Gasteiger partial charge in [-0.2, -0.15) is 31.1 Å². The SMILES string of the molecule is [2H]C([2H])([2H])Oc1cc(OC(F)(F)F)ccc1Oc1ccc(C(F)(F)F)c(F)c1C(=O)N=c1ccn(O)c(C(N)=O)c1.[2H]C([2H])([2H])Oc1cc(OC(F)(F)F)ccc1Oc1ccc(C(F)(F)F)c(F)c1C(=O)Nc1ccnc(C(N)=O)c1. The molecule has 0 spiro atoms. The zero-order valence-corrected chi connectivity index (χ0v) is 36.1. The molecule has 0 fully saturated rings. The lowest BCUT2D eigenvalue weighted by Crippen LogP contribution is -2.22. The molecule has 0 saturated heterocycles. The summed E-state index contributed by atoms with van der Waals surface area (Å²) in [5, 5.41) is 11.2. The third-order valence-electron chi connectivity index (χ3n) is 8.89. The molecule has 4 aromatic carbocycles. The van der Waals surface area contributed by atoms with Crippen LogP contribution in [0.3, 0.4) is 0 Å². The number of aromatic nitrogens is 2. The summed E-state index contributed by atoms with van der Waals surface area (Å²) >= 11 is 0. The van der Waals surface area contributed by atoms with Crippen molar-refractivity contribution in [1.29, 1.82) is 0 Å². The van der Waals surface area contributed by atoms with Gasteiger partial charge in [0, 0.05) is 30.2 Å². The number of pyridine rings is 2. The van der Waals surface area contributed by atoms with Gasteiger partial charge in [-0.15, -0.1) is 26.3 Å². The van der Waals surface area contributed by atoms with E-state index in [2.05, 4.69) is 28.9 Å². The molecule has 4 amide bonds. The Bertz CT molecular complexity index is 3470. The van der Waals surface area contributed by atoms with Gasteiger partial charge in [-0.25, -0.2) is 13.8 Å². The molecule has 0 atom stereocenters. The van der Waals surface area contributed by atoms with Crippen LogP contribution < -0.4 is 50.6 Å². The molecule has 398 valence electrons. The summed E-state index contributed by atoms with van der Waals surface area (Å²) in [6.45, 7) is 0. The van der Waals surface area contributed by atoms with Crippen LogP contribution >= 0.6 is 0 Å². The van der Waals surface area contributed by atoms with Crippen LogP contribution in [-0.4, -0.2) is 65.4 Å². The fourth-order valence-corrected chi connectivity index (χ4v) is 5.82. The number of nitrogens with zero attached hydrogens (tertiary/aromatic N) is 3. The number of anilines is 1. The number of rotatable bonds is 13. The smallest absolute Gasteiger partial charge is 0.493 e. The maximum Gasteiger partial charge on any atom is 0.573 e. The first-order chi connectivity index (χ1) is 37.1. The molecule has 2 aromatic heterocycles. The second-order valence-corrected chi connectivity index (χ2v) is 14.0. The molecule has 0 saturated carbocycles. The number of halogens is 14. The Morgan fingerprint density at radius 1 is 0.627 bits per heavy atom. The number of carbonyl (C=O) groups excluding carboxylic acids is 4. The number of ether oxygens (including phenoxy) is 6. The minimum absolute atomic E-state index is 0.176. The van der Waals surface area contributed by atoms with Crippen molar-refractivity contribution in [3.05, 3.63) is 148 Å². The molecule has 31 heteroatoms. The number of benzene rings is 4. The van der Waals surface area contributed by atoms with Crippen LogP contribution in [-0.2, 0) is 12.4 Å². The number of hydrogen-bond acceptors (Lipinski definition) is 12. The molecule has 6 rings (SSSR count). The normalized spacial score (nSPS) is 13.4. The van der Waals surface area contributed by atoms with E-state index in [0.29, 0.717) is 48.5 Å². The van der Waals surface area contributed by atoms with Gasteiger partial charge in [-0.05, 0) is 72.8 Å². The van der Waals surface area contributed by atoms with Gasteiger partial charge in [0.2, 0.25) is 0 Å². The molecule has 6 aromatic rings. The van der Waals surface area contributed by atoms with Crippen LogP contribution in [0.15, 0.2) is 102 Å². The monoisotopic (exact) mass is 1090 g/mol. The number of nitrogens with one attached hydrogen (secondary N) is 1. The summed E-state index contributed by atoms with van der Waals surface area (Å²) in [6, 6.07) is 8.49. The Balaban J connectivity index is 0.000000297. The number of hydrogen-bond donors (Lipinski definition) is 4. The minimum Gasteiger partial charge on any atom is -0.493 e. The predicted octanol–water partition coefficient (Wildman–Crippen LogP) is 9.71. The van der Waals surface area contributed by atoms with Gasteiger partial charge in [-0.3, -0.25) is 24.2 Å². The van der Waals surface area contributed by atoms with E-state index >= 15 is 8.78 Å². The van der Waals surface area contributed by atoms with Crippen LogP contribution in [0.2, 0.25) is 0 Å². The molecule has 0 radical (unpaired) electrons. The fraction of sp³-hybridized carbons (Fsp3) is 0.136. The largest absolute Gasteiger partial charge is 0.573 e. The van der Waals surface area contributed by atoms with Crippen LogP contribution in [0.5, 0.6) is 46.0 Å². The first kappa shape index (κ1) is 48.0. The lowest BCUT2D eigenvalue weighted by atomic mass is 10.1. The standard InChI is InChI=1S/C22H14F7N3O6.C22H14F7N3O5/c1-36-16-9-11(38-22(27,28)29)2-4-14(16)37-15-5-3-12(21(24,25)26)18(23)17(15)20(34)31-10-6-7-32(35)13(8-10)19(30)33;1-35-16-9-11(37-22(27,28)29)2-4-14(16)36-15-5-3-12(21(24,25)26)18(23)17(15)20(34)32-10-6-7-31-13(8-10)19(30)33/h2-9,35H,1H3,(H2,30,33);2-9H,1H3,(H2,30,33)(H,31,32,34)/i2*1D3. The number of carbonyl (C=O) groups is 4. The zero-order chi connectivity index (χ0) is 61.0. The summed E-state index contributed by atoms with van der Waals surface area (Å²) in [4.78, 5) is 55.6. The minimum atomic E-state index is -5.32. The molecule has 0 aliphatic heterocycles.